The summed E-state index contributed by atoms with van der Waals surface area (Å²) in [5, 5.41) is 1.24. The SMILES string of the molecule is CC1CC#CCc2c(c3c(N)c4c(nc3n2C[C@@H](C)CN(C)C)CCCC4)CC1. The Labute approximate surface area is 175 Å². The lowest BCUT2D eigenvalue weighted by Crippen LogP contribution is -2.24. The van der Waals surface area contributed by atoms with Crippen LogP contribution in [0.15, 0.2) is 0 Å². The molecule has 1 unspecified atom stereocenters. The molecule has 4 nitrogen and oxygen atoms in total. The predicted octanol–water partition coefficient (Wildman–Crippen LogP) is 4.21. The molecule has 0 aliphatic heterocycles. The number of nitrogens with two attached hydrogens (primary N) is 1. The first-order valence-electron chi connectivity index (χ1n) is 11.4. The molecule has 2 atom stereocenters. The second kappa shape index (κ2) is 8.40. The molecule has 0 spiro atoms. The minimum atomic E-state index is 0.545. The zero-order valence-corrected chi connectivity index (χ0v) is 18.6. The van der Waals surface area contributed by atoms with Crippen LogP contribution in [0.5, 0.6) is 0 Å². The molecule has 29 heavy (non-hydrogen) atoms. The largest absolute Gasteiger partial charge is 0.398 e. The number of nitrogen functional groups attached to an aromatic ring is 1. The van der Waals surface area contributed by atoms with Crippen LogP contribution in [-0.2, 0) is 32.2 Å². The highest BCUT2D eigenvalue weighted by Gasteiger charge is 2.26. The molecule has 0 saturated heterocycles. The Morgan fingerprint density at radius 2 is 1.97 bits per heavy atom. The first kappa shape index (κ1) is 20.3. The molecule has 2 aliphatic rings. The van der Waals surface area contributed by atoms with Crippen LogP contribution >= 0.6 is 0 Å². The number of fused-ring (bicyclic) bond motifs is 4. The average molecular weight is 393 g/mol. The smallest absolute Gasteiger partial charge is 0.142 e. The van der Waals surface area contributed by atoms with Crippen molar-refractivity contribution < 1.29 is 0 Å². The van der Waals surface area contributed by atoms with Gasteiger partial charge < -0.3 is 15.2 Å². The lowest BCUT2D eigenvalue weighted by Gasteiger charge is -2.21. The topological polar surface area (TPSA) is 47.1 Å². The number of hydrogen-bond acceptors (Lipinski definition) is 3. The maximum absolute atomic E-state index is 6.85. The van der Waals surface area contributed by atoms with Crippen molar-refractivity contribution in [3.8, 4) is 11.8 Å². The Kier molecular flexibility index (Phi) is 5.88. The number of rotatable bonds is 4. The second-order valence-electron chi connectivity index (χ2n) is 9.64. The summed E-state index contributed by atoms with van der Waals surface area (Å²) >= 11 is 0. The third kappa shape index (κ3) is 4.03. The summed E-state index contributed by atoms with van der Waals surface area (Å²) in [7, 11) is 4.30. The minimum Gasteiger partial charge on any atom is -0.398 e. The standard InChI is InChI=1S/C25H36N4/c1-17-9-5-8-12-22-20(14-13-17)23-24(26)19-10-6-7-11-21(19)27-25(23)29(22)16-18(2)15-28(3)4/h17-18H,6-7,9-16H2,1-4H3,(H2,26,27)/t17?,18-/m0/s1. The van der Waals surface area contributed by atoms with Gasteiger partial charge in [0, 0.05) is 48.4 Å². The van der Waals surface area contributed by atoms with Gasteiger partial charge in [0.05, 0.1) is 0 Å². The summed E-state index contributed by atoms with van der Waals surface area (Å²) in [4.78, 5) is 7.51. The molecule has 0 bridgehead atoms. The van der Waals surface area contributed by atoms with E-state index in [2.05, 4.69) is 49.3 Å². The molecule has 0 radical (unpaired) electrons. The summed E-state index contributed by atoms with van der Waals surface area (Å²) in [6.07, 6.45) is 8.67. The number of aryl methyl sites for hydroxylation is 2. The normalized spacial score (nSPS) is 20.2. The molecule has 0 aromatic carbocycles. The molecule has 2 heterocycles. The van der Waals surface area contributed by atoms with Crippen LogP contribution in [-0.4, -0.2) is 35.1 Å². The Hall–Kier alpha value is -1.99. The molecule has 2 aromatic heterocycles. The summed E-state index contributed by atoms with van der Waals surface area (Å²) in [6.45, 7) is 6.70. The van der Waals surface area contributed by atoms with E-state index in [1.54, 1.807) is 0 Å². The quantitative estimate of drug-likeness (QED) is 0.793. The van der Waals surface area contributed by atoms with Gasteiger partial charge in [-0.25, -0.2) is 4.98 Å². The van der Waals surface area contributed by atoms with E-state index in [0.29, 0.717) is 11.8 Å². The maximum Gasteiger partial charge on any atom is 0.142 e. The molecule has 156 valence electrons. The molecular weight excluding hydrogens is 356 g/mol. The van der Waals surface area contributed by atoms with E-state index in [0.717, 1.165) is 56.5 Å². The van der Waals surface area contributed by atoms with E-state index >= 15 is 0 Å². The van der Waals surface area contributed by atoms with Gasteiger partial charge >= 0.3 is 0 Å². The molecule has 0 saturated carbocycles. The third-order valence-corrected chi connectivity index (χ3v) is 6.62. The van der Waals surface area contributed by atoms with Crippen molar-refractivity contribution in [2.45, 2.75) is 71.8 Å². The number of nitrogens with zero attached hydrogens (tertiary/aromatic N) is 3. The van der Waals surface area contributed by atoms with Crippen LogP contribution in [0.3, 0.4) is 0 Å². The molecule has 0 fully saturated rings. The van der Waals surface area contributed by atoms with E-state index in [1.807, 2.05) is 0 Å². The zero-order chi connectivity index (χ0) is 20.5. The van der Waals surface area contributed by atoms with Gasteiger partial charge in [-0.1, -0.05) is 19.8 Å². The van der Waals surface area contributed by atoms with Crippen molar-refractivity contribution in [2.75, 3.05) is 26.4 Å². The number of aromatic nitrogens is 2. The van der Waals surface area contributed by atoms with Crippen LogP contribution < -0.4 is 5.73 Å². The monoisotopic (exact) mass is 392 g/mol. The van der Waals surface area contributed by atoms with Crippen LogP contribution in [0, 0.1) is 23.7 Å². The average Bonchev–Trinajstić information content (AvgIpc) is 2.99. The summed E-state index contributed by atoms with van der Waals surface area (Å²) in [5.74, 6) is 8.07. The summed E-state index contributed by atoms with van der Waals surface area (Å²) < 4.78 is 2.48. The van der Waals surface area contributed by atoms with Gasteiger partial charge in [-0.15, -0.1) is 5.92 Å². The van der Waals surface area contributed by atoms with Crippen molar-refractivity contribution in [1.29, 1.82) is 0 Å². The van der Waals surface area contributed by atoms with E-state index in [4.69, 9.17) is 10.7 Å². The molecule has 4 rings (SSSR count). The van der Waals surface area contributed by atoms with E-state index in [-0.39, 0.29) is 0 Å². The fraction of sp³-hybridized carbons (Fsp3) is 0.640. The molecular formula is C25H36N4. The maximum atomic E-state index is 6.85. The number of anilines is 1. The predicted molar refractivity (Wildman–Crippen MR) is 122 cm³/mol. The summed E-state index contributed by atoms with van der Waals surface area (Å²) in [6, 6.07) is 0. The second-order valence-corrected chi connectivity index (χ2v) is 9.64. The Morgan fingerprint density at radius 1 is 1.17 bits per heavy atom. The van der Waals surface area contributed by atoms with Gasteiger partial charge in [0.25, 0.3) is 0 Å². The minimum absolute atomic E-state index is 0.545. The van der Waals surface area contributed by atoms with Crippen molar-refractivity contribution in [3.05, 3.63) is 22.5 Å². The molecule has 2 aromatic rings. The van der Waals surface area contributed by atoms with Crippen molar-refractivity contribution >= 4 is 16.7 Å². The van der Waals surface area contributed by atoms with Gasteiger partial charge in [0.1, 0.15) is 5.65 Å². The molecule has 2 N–H and O–H groups in total. The van der Waals surface area contributed by atoms with Crippen LogP contribution in [0.25, 0.3) is 11.0 Å². The van der Waals surface area contributed by atoms with Crippen LogP contribution in [0.2, 0.25) is 0 Å². The number of hydrogen-bond donors (Lipinski definition) is 1. The van der Waals surface area contributed by atoms with Crippen LogP contribution in [0.1, 0.15) is 62.0 Å². The first-order valence-corrected chi connectivity index (χ1v) is 11.4. The van der Waals surface area contributed by atoms with E-state index < -0.39 is 0 Å². The fourth-order valence-electron chi connectivity index (χ4n) is 5.23. The Bertz CT molecular complexity index is 957. The lowest BCUT2D eigenvalue weighted by atomic mass is 9.91. The Balaban J connectivity index is 1.90. The van der Waals surface area contributed by atoms with Gasteiger partial charge in [0.2, 0.25) is 0 Å². The highest BCUT2D eigenvalue weighted by molar-refractivity contribution is 5.95. The Morgan fingerprint density at radius 3 is 2.76 bits per heavy atom. The van der Waals surface area contributed by atoms with Gasteiger partial charge in [-0.05, 0) is 75.6 Å². The van der Waals surface area contributed by atoms with Crippen LogP contribution in [0.4, 0.5) is 5.69 Å². The number of pyridine rings is 1. The third-order valence-electron chi connectivity index (χ3n) is 6.62. The van der Waals surface area contributed by atoms with Gasteiger partial charge in [-0.2, -0.15) is 0 Å². The van der Waals surface area contributed by atoms with Crippen molar-refractivity contribution in [1.82, 2.24) is 14.5 Å². The fourth-order valence-corrected chi connectivity index (χ4v) is 5.23. The molecule has 0 amide bonds. The molecule has 2 aliphatic carbocycles. The van der Waals surface area contributed by atoms with Gasteiger partial charge in [0.15, 0.2) is 0 Å². The van der Waals surface area contributed by atoms with E-state index in [1.165, 1.54) is 47.2 Å². The molecule has 4 heteroatoms. The van der Waals surface area contributed by atoms with Gasteiger partial charge in [-0.3, -0.25) is 0 Å². The highest BCUT2D eigenvalue weighted by Crippen LogP contribution is 2.38. The zero-order valence-electron chi connectivity index (χ0n) is 18.6. The van der Waals surface area contributed by atoms with Crippen molar-refractivity contribution in [3.63, 3.8) is 0 Å². The van der Waals surface area contributed by atoms with Crippen molar-refractivity contribution in [2.24, 2.45) is 11.8 Å². The van der Waals surface area contributed by atoms with E-state index in [9.17, 15) is 0 Å². The summed E-state index contributed by atoms with van der Waals surface area (Å²) in [5.41, 5.74) is 14.4. The lowest BCUT2D eigenvalue weighted by molar-refractivity contribution is 0.316. The first-order chi connectivity index (χ1) is 14.0. The highest BCUT2D eigenvalue weighted by atomic mass is 15.1.